The van der Waals surface area contributed by atoms with Crippen LogP contribution in [-0.4, -0.2) is 25.0 Å². The monoisotopic (exact) mass is 268 g/mol. The molecule has 3 N–H and O–H groups in total. The zero-order chi connectivity index (χ0) is 14.4. The summed E-state index contributed by atoms with van der Waals surface area (Å²) >= 11 is 0. The number of nitrogens with one attached hydrogen (secondary N) is 1. The van der Waals surface area contributed by atoms with Gasteiger partial charge in [-0.3, -0.25) is 4.79 Å². The fourth-order valence-corrected chi connectivity index (χ4v) is 1.53. The van der Waals surface area contributed by atoms with Crippen LogP contribution in [0.25, 0.3) is 0 Å². The Hall–Kier alpha value is -1.95. The fourth-order valence-electron chi connectivity index (χ4n) is 1.53. The van der Waals surface area contributed by atoms with Gasteiger partial charge in [0, 0.05) is 0 Å². The highest BCUT2D eigenvalue weighted by atomic mass is 19.1. The van der Waals surface area contributed by atoms with Crippen LogP contribution < -0.4 is 11.1 Å². The summed E-state index contributed by atoms with van der Waals surface area (Å²) in [6.07, 6.45) is 1.25. The van der Waals surface area contributed by atoms with Gasteiger partial charge in [-0.2, -0.15) is 0 Å². The lowest BCUT2D eigenvalue weighted by Gasteiger charge is -2.12. The summed E-state index contributed by atoms with van der Waals surface area (Å²) in [7, 11) is 1.22. The highest BCUT2D eigenvalue weighted by Crippen LogP contribution is 2.17. The number of rotatable bonds is 5. The largest absolute Gasteiger partial charge is 0.465 e. The van der Waals surface area contributed by atoms with E-state index in [-0.39, 0.29) is 11.3 Å². The van der Waals surface area contributed by atoms with Crippen LogP contribution in [0.3, 0.4) is 0 Å². The molecule has 0 radical (unpaired) electrons. The smallest absolute Gasteiger partial charge is 0.337 e. The third-order valence-corrected chi connectivity index (χ3v) is 2.58. The molecule has 0 unspecified atom stereocenters. The van der Waals surface area contributed by atoms with Crippen molar-refractivity contribution in [3.05, 3.63) is 29.6 Å². The minimum Gasteiger partial charge on any atom is -0.465 e. The molecule has 0 saturated heterocycles. The van der Waals surface area contributed by atoms with Gasteiger partial charge in [0.05, 0.1) is 24.4 Å². The Balaban J connectivity index is 2.88. The van der Waals surface area contributed by atoms with E-state index in [1.165, 1.54) is 19.2 Å². The molecule has 0 aliphatic carbocycles. The molecule has 1 atom stereocenters. The van der Waals surface area contributed by atoms with Gasteiger partial charge in [-0.1, -0.05) is 13.3 Å². The molecule has 0 aliphatic rings. The van der Waals surface area contributed by atoms with Crippen LogP contribution in [0.4, 0.5) is 10.1 Å². The van der Waals surface area contributed by atoms with E-state index < -0.39 is 23.7 Å². The molecular weight excluding hydrogens is 251 g/mol. The summed E-state index contributed by atoms with van der Waals surface area (Å²) in [6.45, 7) is 1.89. The molecule has 0 spiro atoms. The summed E-state index contributed by atoms with van der Waals surface area (Å²) < 4.78 is 18.1. The van der Waals surface area contributed by atoms with Crippen LogP contribution in [0.1, 0.15) is 30.1 Å². The van der Waals surface area contributed by atoms with E-state index in [4.69, 9.17) is 5.73 Å². The SMILES string of the molecule is CCC[C@@H](N)C(=O)Nc1cc(C(=O)OC)ccc1F. The van der Waals surface area contributed by atoms with Crippen molar-refractivity contribution in [1.82, 2.24) is 0 Å². The Labute approximate surface area is 110 Å². The van der Waals surface area contributed by atoms with Gasteiger partial charge in [0.1, 0.15) is 5.82 Å². The molecule has 0 heterocycles. The van der Waals surface area contributed by atoms with Crippen molar-refractivity contribution in [3.63, 3.8) is 0 Å². The fraction of sp³-hybridized carbons (Fsp3) is 0.385. The third kappa shape index (κ3) is 4.03. The Kier molecular flexibility index (Phi) is 5.44. The van der Waals surface area contributed by atoms with Gasteiger partial charge in [0.2, 0.25) is 5.91 Å². The first-order valence-corrected chi connectivity index (χ1v) is 5.94. The lowest BCUT2D eigenvalue weighted by molar-refractivity contribution is -0.117. The van der Waals surface area contributed by atoms with Crippen molar-refractivity contribution < 1.29 is 18.7 Å². The van der Waals surface area contributed by atoms with Crippen molar-refractivity contribution in [3.8, 4) is 0 Å². The van der Waals surface area contributed by atoms with Crippen LogP contribution in [0, 0.1) is 5.82 Å². The topological polar surface area (TPSA) is 81.4 Å². The predicted molar refractivity (Wildman–Crippen MR) is 69.3 cm³/mol. The minimum atomic E-state index is -0.703. The van der Waals surface area contributed by atoms with E-state index in [1.54, 1.807) is 0 Å². The van der Waals surface area contributed by atoms with Crippen LogP contribution in [-0.2, 0) is 9.53 Å². The standard InChI is InChI=1S/C13H17FN2O3/c1-3-4-10(15)12(17)16-11-7-8(13(18)19-2)5-6-9(11)14/h5-7,10H,3-4,15H2,1-2H3,(H,16,17)/t10-/m1/s1. The van der Waals surface area contributed by atoms with Crippen molar-refractivity contribution in [2.24, 2.45) is 5.73 Å². The first-order valence-electron chi connectivity index (χ1n) is 5.94. The highest BCUT2D eigenvalue weighted by Gasteiger charge is 2.16. The Morgan fingerprint density at radius 1 is 1.47 bits per heavy atom. The normalized spacial score (nSPS) is 11.8. The van der Waals surface area contributed by atoms with Gasteiger partial charge in [0.25, 0.3) is 0 Å². The first kappa shape index (κ1) is 15.1. The summed E-state index contributed by atoms with van der Waals surface area (Å²) in [5.74, 6) is -1.72. The van der Waals surface area contributed by atoms with Crippen molar-refractivity contribution in [1.29, 1.82) is 0 Å². The van der Waals surface area contributed by atoms with Crippen LogP contribution >= 0.6 is 0 Å². The zero-order valence-electron chi connectivity index (χ0n) is 10.9. The van der Waals surface area contributed by atoms with Crippen molar-refractivity contribution in [2.75, 3.05) is 12.4 Å². The quantitative estimate of drug-likeness (QED) is 0.796. The maximum absolute atomic E-state index is 13.5. The number of benzene rings is 1. The van der Waals surface area contributed by atoms with E-state index in [1.807, 2.05) is 6.92 Å². The Morgan fingerprint density at radius 2 is 2.16 bits per heavy atom. The van der Waals surface area contributed by atoms with Crippen LogP contribution in [0.5, 0.6) is 0 Å². The summed E-state index contributed by atoms with van der Waals surface area (Å²) in [6, 6.07) is 2.89. The average molecular weight is 268 g/mol. The molecule has 0 saturated carbocycles. The van der Waals surface area contributed by atoms with Gasteiger partial charge in [-0.15, -0.1) is 0 Å². The number of amides is 1. The Morgan fingerprint density at radius 3 is 2.74 bits per heavy atom. The zero-order valence-corrected chi connectivity index (χ0v) is 10.9. The van der Waals surface area contributed by atoms with Gasteiger partial charge in [-0.05, 0) is 24.6 Å². The van der Waals surface area contributed by atoms with Gasteiger partial charge < -0.3 is 15.8 Å². The summed E-state index contributed by atoms with van der Waals surface area (Å²) in [5, 5.41) is 2.37. The van der Waals surface area contributed by atoms with Gasteiger partial charge in [-0.25, -0.2) is 9.18 Å². The molecule has 0 aliphatic heterocycles. The maximum Gasteiger partial charge on any atom is 0.337 e. The molecule has 6 heteroatoms. The second-order valence-electron chi connectivity index (χ2n) is 4.07. The minimum absolute atomic E-state index is 0.0838. The van der Waals surface area contributed by atoms with E-state index in [9.17, 15) is 14.0 Å². The van der Waals surface area contributed by atoms with E-state index >= 15 is 0 Å². The maximum atomic E-state index is 13.5. The molecule has 1 rings (SSSR count). The molecule has 0 aromatic heterocycles. The molecule has 0 bridgehead atoms. The van der Waals surface area contributed by atoms with Crippen LogP contribution in [0.2, 0.25) is 0 Å². The number of hydrogen-bond acceptors (Lipinski definition) is 4. The Bertz CT molecular complexity index is 477. The number of esters is 1. The third-order valence-electron chi connectivity index (χ3n) is 2.58. The van der Waals surface area contributed by atoms with Crippen molar-refractivity contribution in [2.45, 2.75) is 25.8 Å². The second-order valence-corrected chi connectivity index (χ2v) is 4.07. The lowest BCUT2D eigenvalue weighted by atomic mass is 10.1. The predicted octanol–water partition coefficient (Wildman–Crippen LogP) is 1.68. The van der Waals surface area contributed by atoms with Crippen molar-refractivity contribution >= 4 is 17.6 Å². The number of hydrogen-bond donors (Lipinski definition) is 2. The molecule has 5 nitrogen and oxygen atoms in total. The number of carbonyl (C=O) groups excluding carboxylic acids is 2. The highest BCUT2D eigenvalue weighted by molar-refractivity contribution is 5.96. The number of nitrogens with two attached hydrogens (primary N) is 1. The van der Waals surface area contributed by atoms with E-state index in [2.05, 4.69) is 10.1 Å². The summed E-state index contributed by atoms with van der Waals surface area (Å²) in [5.41, 5.74) is 5.70. The second kappa shape index (κ2) is 6.84. The van der Waals surface area contributed by atoms with Crippen LogP contribution in [0.15, 0.2) is 18.2 Å². The number of anilines is 1. The molecule has 104 valence electrons. The van der Waals surface area contributed by atoms with E-state index in [0.717, 1.165) is 12.5 Å². The number of carbonyl (C=O) groups is 2. The molecular formula is C13H17FN2O3. The molecule has 1 amide bonds. The van der Waals surface area contributed by atoms with E-state index in [0.29, 0.717) is 6.42 Å². The first-order chi connectivity index (χ1) is 8.99. The average Bonchev–Trinajstić information content (AvgIpc) is 2.40. The molecule has 1 aromatic rings. The number of methoxy groups -OCH3 is 1. The summed E-state index contributed by atoms with van der Waals surface area (Å²) in [4.78, 5) is 23.0. The van der Waals surface area contributed by atoms with Gasteiger partial charge >= 0.3 is 5.97 Å². The number of ether oxygens (including phenoxy) is 1. The molecule has 19 heavy (non-hydrogen) atoms. The van der Waals surface area contributed by atoms with Gasteiger partial charge in [0.15, 0.2) is 0 Å². The number of halogens is 1. The molecule has 1 aromatic carbocycles. The lowest BCUT2D eigenvalue weighted by Crippen LogP contribution is -2.35. The molecule has 0 fully saturated rings.